The van der Waals surface area contributed by atoms with Gasteiger partial charge in [0.1, 0.15) is 0 Å². The van der Waals surface area contributed by atoms with Crippen LogP contribution in [-0.2, 0) is 4.79 Å². The first-order chi connectivity index (χ1) is 6.81. The third kappa shape index (κ3) is 1.36. The minimum absolute atomic E-state index is 0.0466. The molecule has 1 heterocycles. The Labute approximate surface area is 81.1 Å². The number of hydrazone groups is 1. The van der Waals surface area contributed by atoms with Gasteiger partial charge in [-0.05, 0) is 24.3 Å². The average Bonchev–Trinajstić information content (AvgIpc) is 2.65. The van der Waals surface area contributed by atoms with Crippen molar-refractivity contribution in [3.05, 3.63) is 29.8 Å². The molecule has 0 bridgehead atoms. The molecule has 4 nitrogen and oxygen atoms in total. The van der Waals surface area contributed by atoms with Gasteiger partial charge in [0.05, 0.1) is 23.7 Å². The smallest absolute Gasteiger partial charge is 0.252 e. The summed E-state index contributed by atoms with van der Waals surface area (Å²) < 4.78 is 0. The van der Waals surface area contributed by atoms with Crippen molar-refractivity contribution in [2.24, 2.45) is 5.10 Å². The molecule has 0 saturated carbocycles. The monoisotopic (exact) mass is 185 g/mol. The van der Waals surface area contributed by atoms with Crippen LogP contribution < -0.4 is 5.01 Å². The summed E-state index contributed by atoms with van der Waals surface area (Å²) >= 11 is 0. The fraction of sp³-hybridized carbons (Fsp3) is 0.100. The predicted molar refractivity (Wildman–Crippen MR) is 51.8 cm³/mol. The zero-order valence-electron chi connectivity index (χ0n) is 7.34. The van der Waals surface area contributed by atoms with E-state index in [2.05, 4.69) is 5.10 Å². The molecule has 0 fully saturated rings. The van der Waals surface area contributed by atoms with E-state index in [-0.39, 0.29) is 5.91 Å². The molecule has 14 heavy (non-hydrogen) atoms. The highest BCUT2D eigenvalue weighted by Gasteiger charge is 2.17. The van der Waals surface area contributed by atoms with Crippen molar-refractivity contribution in [1.82, 2.24) is 0 Å². The molecule has 68 valence electrons. The quantitative estimate of drug-likeness (QED) is 0.661. The number of rotatable bonds is 1. The molecular weight excluding hydrogens is 178 g/mol. The molecule has 1 aromatic carbocycles. The zero-order chi connectivity index (χ0) is 9.97. The predicted octanol–water partition coefficient (Wildman–Crippen LogP) is 1.28. The minimum Gasteiger partial charge on any atom is -0.272 e. The van der Waals surface area contributed by atoms with Crippen LogP contribution in [0, 0.1) is 11.3 Å². The Hall–Kier alpha value is -2.15. The van der Waals surface area contributed by atoms with Crippen molar-refractivity contribution in [2.45, 2.75) is 6.42 Å². The minimum atomic E-state index is -0.0466. The van der Waals surface area contributed by atoms with Crippen molar-refractivity contribution < 1.29 is 4.79 Å². The fourth-order valence-corrected chi connectivity index (χ4v) is 1.24. The van der Waals surface area contributed by atoms with Crippen molar-refractivity contribution in [1.29, 1.82) is 5.26 Å². The van der Waals surface area contributed by atoms with Crippen LogP contribution in [0.15, 0.2) is 29.4 Å². The van der Waals surface area contributed by atoms with E-state index in [1.807, 2.05) is 6.07 Å². The van der Waals surface area contributed by atoms with E-state index in [0.717, 1.165) is 0 Å². The van der Waals surface area contributed by atoms with Crippen molar-refractivity contribution in [3.8, 4) is 6.07 Å². The van der Waals surface area contributed by atoms with E-state index in [9.17, 15) is 4.79 Å². The molecule has 0 atom stereocenters. The van der Waals surface area contributed by atoms with Crippen molar-refractivity contribution in [3.63, 3.8) is 0 Å². The lowest BCUT2D eigenvalue weighted by molar-refractivity contribution is -0.116. The second-order valence-electron chi connectivity index (χ2n) is 2.87. The van der Waals surface area contributed by atoms with Crippen LogP contribution in [-0.4, -0.2) is 12.1 Å². The van der Waals surface area contributed by atoms with Crippen LogP contribution >= 0.6 is 0 Å². The van der Waals surface area contributed by atoms with Crippen LogP contribution in [0.25, 0.3) is 0 Å². The zero-order valence-corrected chi connectivity index (χ0v) is 7.34. The number of benzene rings is 1. The first-order valence-electron chi connectivity index (χ1n) is 4.17. The van der Waals surface area contributed by atoms with Gasteiger partial charge in [-0.2, -0.15) is 10.4 Å². The largest absolute Gasteiger partial charge is 0.272 e. The summed E-state index contributed by atoms with van der Waals surface area (Å²) in [5.41, 5.74) is 1.27. The Balaban J connectivity index is 2.30. The van der Waals surface area contributed by atoms with E-state index in [1.165, 1.54) is 5.01 Å². The number of nitriles is 1. The number of carbonyl (C=O) groups excluding carboxylic acids is 1. The van der Waals surface area contributed by atoms with E-state index in [0.29, 0.717) is 17.7 Å². The second-order valence-corrected chi connectivity index (χ2v) is 2.87. The lowest BCUT2D eigenvalue weighted by Crippen LogP contribution is -2.19. The van der Waals surface area contributed by atoms with E-state index < -0.39 is 0 Å². The molecule has 1 aromatic rings. The maximum atomic E-state index is 11.3. The summed E-state index contributed by atoms with van der Waals surface area (Å²) in [4.78, 5) is 11.3. The highest BCUT2D eigenvalue weighted by atomic mass is 16.2. The van der Waals surface area contributed by atoms with Gasteiger partial charge in [-0.3, -0.25) is 4.79 Å². The summed E-state index contributed by atoms with van der Waals surface area (Å²) in [5.74, 6) is -0.0466. The first-order valence-corrected chi connectivity index (χ1v) is 4.17. The third-order valence-electron chi connectivity index (χ3n) is 1.94. The highest BCUT2D eigenvalue weighted by molar-refractivity contribution is 6.05. The van der Waals surface area contributed by atoms with Gasteiger partial charge in [0.25, 0.3) is 5.91 Å². The number of nitrogens with zero attached hydrogens (tertiary/aromatic N) is 3. The van der Waals surface area contributed by atoms with Gasteiger partial charge >= 0.3 is 0 Å². The molecule has 0 radical (unpaired) electrons. The molecule has 0 aromatic heterocycles. The normalized spacial score (nSPS) is 14.5. The number of carbonyl (C=O) groups is 1. The van der Waals surface area contributed by atoms with E-state index in [1.54, 1.807) is 30.5 Å². The Bertz CT molecular complexity index is 428. The number of hydrogen-bond acceptors (Lipinski definition) is 3. The van der Waals surface area contributed by atoms with Gasteiger partial charge in [0, 0.05) is 6.21 Å². The Morgan fingerprint density at radius 3 is 2.57 bits per heavy atom. The maximum Gasteiger partial charge on any atom is 0.252 e. The van der Waals surface area contributed by atoms with Crippen molar-refractivity contribution in [2.75, 3.05) is 5.01 Å². The lowest BCUT2D eigenvalue weighted by Gasteiger charge is -2.10. The molecule has 4 heteroatoms. The molecule has 2 rings (SSSR count). The van der Waals surface area contributed by atoms with Crippen LogP contribution in [0.4, 0.5) is 5.69 Å². The van der Waals surface area contributed by atoms with E-state index >= 15 is 0 Å². The second kappa shape index (κ2) is 3.30. The summed E-state index contributed by atoms with van der Waals surface area (Å²) in [6.45, 7) is 0. The third-order valence-corrected chi connectivity index (χ3v) is 1.94. The molecule has 0 aliphatic carbocycles. The van der Waals surface area contributed by atoms with Crippen LogP contribution in [0.3, 0.4) is 0 Å². The molecule has 0 unspecified atom stereocenters. The molecule has 0 spiro atoms. The van der Waals surface area contributed by atoms with Gasteiger partial charge in [-0.25, -0.2) is 5.01 Å². The molecule has 0 saturated heterocycles. The lowest BCUT2D eigenvalue weighted by atomic mass is 10.2. The van der Waals surface area contributed by atoms with Gasteiger partial charge in [0.15, 0.2) is 0 Å². The van der Waals surface area contributed by atoms with E-state index in [4.69, 9.17) is 5.26 Å². The first kappa shape index (κ1) is 8.45. The molecular formula is C10H7N3O. The Morgan fingerprint density at radius 1 is 1.36 bits per heavy atom. The number of hydrogen-bond donors (Lipinski definition) is 0. The molecule has 1 aliphatic heterocycles. The molecule has 1 amide bonds. The Morgan fingerprint density at radius 2 is 2.07 bits per heavy atom. The summed E-state index contributed by atoms with van der Waals surface area (Å²) in [5, 5.41) is 13.8. The standard InChI is InChI=1S/C10H7N3O/c11-7-8-1-3-9(4-2-8)13-10(14)5-6-12-13/h1-4,6H,5H2. The van der Waals surface area contributed by atoms with Gasteiger partial charge < -0.3 is 0 Å². The summed E-state index contributed by atoms with van der Waals surface area (Å²) in [6.07, 6.45) is 1.92. The maximum absolute atomic E-state index is 11.3. The van der Waals surface area contributed by atoms with Crippen LogP contribution in [0.2, 0.25) is 0 Å². The molecule has 0 N–H and O–H groups in total. The Kier molecular flexibility index (Phi) is 1.99. The topological polar surface area (TPSA) is 56.5 Å². The SMILES string of the molecule is N#Cc1ccc(N2N=CCC2=O)cc1. The average molecular weight is 185 g/mol. The van der Waals surface area contributed by atoms with Gasteiger partial charge in [-0.15, -0.1) is 0 Å². The van der Waals surface area contributed by atoms with Gasteiger partial charge in [-0.1, -0.05) is 0 Å². The highest BCUT2D eigenvalue weighted by Crippen LogP contribution is 2.18. The van der Waals surface area contributed by atoms with Gasteiger partial charge in [0.2, 0.25) is 0 Å². The van der Waals surface area contributed by atoms with Crippen LogP contribution in [0.5, 0.6) is 0 Å². The molecule has 1 aliphatic rings. The van der Waals surface area contributed by atoms with Crippen LogP contribution in [0.1, 0.15) is 12.0 Å². The summed E-state index contributed by atoms with van der Waals surface area (Å²) in [7, 11) is 0. The fourth-order valence-electron chi connectivity index (χ4n) is 1.24. The number of amides is 1. The number of anilines is 1. The summed E-state index contributed by atoms with van der Waals surface area (Å²) in [6, 6.07) is 8.76. The van der Waals surface area contributed by atoms with Crippen molar-refractivity contribution >= 4 is 17.8 Å².